The number of methoxy groups -OCH3 is 1. The fourth-order valence-electron chi connectivity index (χ4n) is 2.91. The lowest BCUT2D eigenvalue weighted by Crippen LogP contribution is -2.45. The van der Waals surface area contributed by atoms with Crippen molar-refractivity contribution >= 4 is 23.8 Å². The van der Waals surface area contributed by atoms with Crippen molar-refractivity contribution in [2.45, 2.75) is 31.7 Å². The molecule has 1 aliphatic heterocycles. The number of benzene rings is 1. The van der Waals surface area contributed by atoms with Crippen molar-refractivity contribution in [3.8, 4) is 0 Å². The van der Waals surface area contributed by atoms with Crippen LogP contribution in [0.1, 0.15) is 31.7 Å². The number of esters is 1. The zero-order chi connectivity index (χ0) is 20.0. The molecular weight excluding hydrogens is 357 g/mol. The van der Waals surface area contributed by atoms with Gasteiger partial charge in [0.2, 0.25) is 5.91 Å². The summed E-state index contributed by atoms with van der Waals surface area (Å²) in [7, 11) is 1.28. The molecule has 27 heavy (non-hydrogen) atoms. The highest BCUT2D eigenvalue weighted by atomic mass is 19.1. The summed E-state index contributed by atoms with van der Waals surface area (Å²) in [5.74, 6) is -1.92. The van der Waals surface area contributed by atoms with Crippen molar-refractivity contribution in [2.75, 3.05) is 20.2 Å². The van der Waals surface area contributed by atoms with Crippen LogP contribution in [0.25, 0.3) is 0 Å². The third-order valence-corrected chi connectivity index (χ3v) is 4.45. The predicted octanol–water partition coefficient (Wildman–Crippen LogP) is 1.05. The molecule has 9 heteroatoms. The van der Waals surface area contributed by atoms with Crippen molar-refractivity contribution in [2.24, 2.45) is 0 Å². The number of imide groups is 1. The van der Waals surface area contributed by atoms with E-state index < -0.39 is 35.7 Å². The van der Waals surface area contributed by atoms with E-state index in [1.807, 2.05) is 0 Å². The number of rotatable bonds is 8. The Morgan fingerprint density at radius 3 is 2.52 bits per heavy atom. The number of hydrogen-bond donors (Lipinski definition) is 2. The zero-order valence-electron chi connectivity index (χ0n) is 15.2. The molecule has 0 aromatic heterocycles. The Bertz CT molecular complexity index is 737. The molecule has 4 amide bonds. The summed E-state index contributed by atoms with van der Waals surface area (Å²) < 4.78 is 17.7. The monoisotopic (exact) mass is 379 g/mol. The van der Waals surface area contributed by atoms with E-state index in [1.165, 1.54) is 31.4 Å². The number of carbonyl (C=O) groups excluding carboxylic acids is 4. The van der Waals surface area contributed by atoms with Crippen LogP contribution in [-0.2, 0) is 24.7 Å². The molecule has 1 heterocycles. The van der Waals surface area contributed by atoms with Crippen molar-refractivity contribution < 1.29 is 28.3 Å². The minimum Gasteiger partial charge on any atom is -0.469 e. The van der Waals surface area contributed by atoms with E-state index in [4.69, 9.17) is 0 Å². The first-order valence-corrected chi connectivity index (χ1v) is 8.57. The molecule has 1 atom stereocenters. The Kier molecular flexibility index (Phi) is 6.49. The molecule has 1 saturated heterocycles. The lowest BCUT2D eigenvalue weighted by Gasteiger charge is -2.25. The van der Waals surface area contributed by atoms with Gasteiger partial charge in [-0.05, 0) is 30.5 Å². The molecule has 1 fully saturated rings. The van der Waals surface area contributed by atoms with Gasteiger partial charge >= 0.3 is 12.0 Å². The van der Waals surface area contributed by atoms with Gasteiger partial charge in [-0.15, -0.1) is 0 Å². The predicted molar refractivity (Wildman–Crippen MR) is 92.9 cm³/mol. The summed E-state index contributed by atoms with van der Waals surface area (Å²) in [6.45, 7) is 1.50. The highest BCUT2D eigenvalue weighted by molar-refractivity contribution is 6.09. The second-order valence-corrected chi connectivity index (χ2v) is 6.12. The maximum atomic E-state index is 13.2. The minimum absolute atomic E-state index is 0.156. The molecule has 2 N–H and O–H groups in total. The Balaban J connectivity index is 2.01. The summed E-state index contributed by atoms with van der Waals surface area (Å²) in [6.07, 6.45) is 0.789. The van der Waals surface area contributed by atoms with Crippen LogP contribution in [0.15, 0.2) is 24.3 Å². The number of nitrogens with zero attached hydrogens (tertiary/aromatic N) is 1. The number of hydrogen-bond acceptors (Lipinski definition) is 5. The molecule has 146 valence electrons. The van der Waals surface area contributed by atoms with E-state index in [-0.39, 0.29) is 25.4 Å². The fourth-order valence-corrected chi connectivity index (χ4v) is 2.91. The van der Waals surface area contributed by atoms with E-state index in [1.54, 1.807) is 6.92 Å². The average Bonchev–Trinajstić information content (AvgIpc) is 2.90. The zero-order valence-corrected chi connectivity index (χ0v) is 15.2. The normalized spacial score (nSPS) is 19.0. The third-order valence-electron chi connectivity index (χ3n) is 4.45. The van der Waals surface area contributed by atoms with Gasteiger partial charge in [0, 0.05) is 13.0 Å². The lowest BCUT2D eigenvalue weighted by atomic mass is 9.87. The molecule has 0 unspecified atom stereocenters. The molecule has 0 bridgehead atoms. The van der Waals surface area contributed by atoms with Gasteiger partial charge in [0.1, 0.15) is 17.9 Å². The first kappa shape index (κ1) is 20.3. The number of urea groups is 1. The Labute approximate surface area is 156 Å². The van der Waals surface area contributed by atoms with Crippen LogP contribution < -0.4 is 10.6 Å². The fraction of sp³-hybridized carbons (Fsp3) is 0.444. The minimum atomic E-state index is -1.32. The standard InChI is InChI=1S/C18H22FN3O5/c1-3-18(12-6-8-13(19)9-7-12)16(25)22(17(26)21-18)11-14(23)20-10-4-5-15(24)27-2/h6-9H,3-5,10-11H2,1-2H3,(H,20,23)(H,21,26)/t18-/m1/s1. The van der Waals surface area contributed by atoms with Gasteiger partial charge in [-0.2, -0.15) is 0 Å². The summed E-state index contributed by atoms with van der Waals surface area (Å²) >= 11 is 0. The average molecular weight is 379 g/mol. The van der Waals surface area contributed by atoms with Crippen molar-refractivity contribution in [1.82, 2.24) is 15.5 Å². The number of nitrogens with one attached hydrogen (secondary N) is 2. The molecule has 8 nitrogen and oxygen atoms in total. The number of ether oxygens (including phenoxy) is 1. The van der Waals surface area contributed by atoms with Crippen LogP contribution in [0.5, 0.6) is 0 Å². The molecule has 0 radical (unpaired) electrons. The number of amides is 4. The molecular formula is C18H22FN3O5. The van der Waals surface area contributed by atoms with Gasteiger partial charge in [0.25, 0.3) is 5.91 Å². The largest absolute Gasteiger partial charge is 0.469 e. The summed E-state index contributed by atoms with van der Waals surface area (Å²) in [5, 5.41) is 5.17. The lowest BCUT2D eigenvalue weighted by molar-refractivity contribution is -0.140. The first-order chi connectivity index (χ1) is 12.8. The highest BCUT2D eigenvalue weighted by Gasteiger charge is 2.51. The van der Waals surface area contributed by atoms with E-state index in [9.17, 15) is 23.6 Å². The third kappa shape index (κ3) is 4.42. The van der Waals surface area contributed by atoms with Gasteiger partial charge in [0.15, 0.2) is 0 Å². The second-order valence-electron chi connectivity index (χ2n) is 6.12. The van der Waals surface area contributed by atoms with E-state index in [0.717, 1.165) is 4.90 Å². The molecule has 0 aliphatic carbocycles. The van der Waals surface area contributed by atoms with Crippen LogP contribution in [0.4, 0.5) is 9.18 Å². The van der Waals surface area contributed by atoms with Crippen LogP contribution in [0, 0.1) is 5.82 Å². The Morgan fingerprint density at radius 2 is 1.93 bits per heavy atom. The Hall–Kier alpha value is -2.97. The SMILES string of the molecule is CC[C@]1(c2ccc(F)cc2)NC(=O)N(CC(=O)NCCCC(=O)OC)C1=O. The van der Waals surface area contributed by atoms with Gasteiger partial charge in [0.05, 0.1) is 7.11 Å². The maximum absolute atomic E-state index is 13.2. The second kappa shape index (κ2) is 8.61. The molecule has 0 spiro atoms. The van der Waals surface area contributed by atoms with E-state index in [0.29, 0.717) is 12.0 Å². The molecule has 1 aromatic rings. The van der Waals surface area contributed by atoms with Crippen molar-refractivity contribution in [3.63, 3.8) is 0 Å². The maximum Gasteiger partial charge on any atom is 0.325 e. The summed E-state index contributed by atoms with van der Waals surface area (Å²) in [4.78, 5) is 49.0. The summed E-state index contributed by atoms with van der Waals surface area (Å²) in [5.41, 5.74) is -0.874. The first-order valence-electron chi connectivity index (χ1n) is 8.57. The molecule has 0 saturated carbocycles. The van der Waals surface area contributed by atoms with E-state index >= 15 is 0 Å². The van der Waals surface area contributed by atoms with Crippen LogP contribution >= 0.6 is 0 Å². The molecule has 2 rings (SSSR count). The highest BCUT2D eigenvalue weighted by Crippen LogP contribution is 2.32. The van der Waals surface area contributed by atoms with Crippen molar-refractivity contribution in [1.29, 1.82) is 0 Å². The molecule has 1 aromatic carbocycles. The van der Waals surface area contributed by atoms with Crippen LogP contribution in [0.3, 0.4) is 0 Å². The van der Waals surface area contributed by atoms with Gasteiger partial charge in [-0.3, -0.25) is 19.3 Å². The van der Waals surface area contributed by atoms with Gasteiger partial charge in [-0.25, -0.2) is 9.18 Å². The summed E-state index contributed by atoms with van der Waals surface area (Å²) in [6, 6.07) is 4.61. The quantitative estimate of drug-likeness (QED) is 0.399. The van der Waals surface area contributed by atoms with Crippen molar-refractivity contribution in [3.05, 3.63) is 35.6 Å². The number of carbonyl (C=O) groups is 4. The topological polar surface area (TPSA) is 105 Å². The van der Waals surface area contributed by atoms with Crippen LogP contribution in [0.2, 0.25) is 0 Å². The number of halogens is 1. The van der Waals surface area contributed by atoms with Gasteiger partial charge < -0.3 is 15.4 Å². The van der Waals surface area contributed by atoms with E-state index in [2.05, 4.69) is 15.4 Å². The smallest absolute Gasteiger partial charge is 0.325 e. The van der Waals surface area contributed by atoms with Gasteiger partial charge in [-0.1, -0.05) is 19.1 Å². The molecule has 1 aliphatic rings. The van der Waals surface area contributed by atoms with Crippen LogP contribution in [-0.4, -0.2) is 48.9 Å². The Morgan fingerprint density at radius 1 is 1.26 bits per heavy atom.